The molecule has 2 atom stereocenters. The number of nitrogens with zero attached hydrogens (tertiary/aromatic N) is 3. The van der Waals surface area contributed by atoms with Gasteiger partial charge < -0.3 is 9.64 Å². The molecule has 0 bridgehead atoms. The van der Waals surface area contributed by atoms with Crippen LogP contribution in [0.2, 0.25) is 0 Å². The first-order valence-electron chi connectivity index (χ1n) is 13.0. The number of methoxy groups -OCH3 is 1. The van der Waals surface area contributed by atoms with Crippen molar-refractivity contribution in [3.63, 3.8) is 0 Å². The van der Waals surface area contributed by atoms with Crippen molar-refractivity contribution in [2.75, 3.05) is 12.0 Å². The number of para-hydroxylation sites is 1. The van der Waals surface area contributed by atoms with E-state index in [2.05, 4.69) is 40.7 Å². The molecule has 0 spiro atoms. The van der Waals surface area contributed by atoms with Crippen molar-refractivity contribution in [2.45, 2.75) is 38.8 Å². The Hall–Kier alpha value is -4.26. The van der Waals surface area contributed by atoms with Crippen molar-refractivity contribution in [2.24, 2.45) is 7.05 Å². The van der Waals surface area contributed by atoms with Gasteiger partial charge in [-0.25, -0.2) is 13.6 Å². The molecule has 4 aromatic rings. The zero-order valence-corrected chi connectivity index (χ0v) is 22.5. The summed E-state index contributed by atoms with van der Waals surface area (Å²) in [5.41, 5.74) is 6.22. The summed E-state index contributed by atoms with van der Waals surface area (Å²) in [6.45, 7) is 4.18. The molecule has 0 radical (unpaired) electrons. The lowest BCUT2D eigenvalue weighted by Gasteiger charge is -2.45. The van der Waals surface area contributed by atoms with Crippen molar-refractivity contribution in [3.8, 4) is 11.1 Å². The van der Waals surface area contributed by atoms with Crippen LogP contribution in [-0.4, -0.2) is 28.9 Å². The summed E-state index contributed by atoms with van der Waals surface area (Å²) in [5, 5.41) is 4.29. The van der Waals surface area contributed by atoms with Gasteiger partial charge in [-0.15, -0.1) is 0 Å². The standard InChI is InChI=1S/C32H31F2N3O2/c1-5-22-8-6-7-9-29(22)37-20(2)14-24-17-23(25-18-35-36(3)19-25)11-12-26(24)32(37)31-27(33)15-21(16-28(31)34)10-13-30(38)39-4/h6-13,15-20,32H,5,14H2,1-4H3/b13-10+. The van der Waals surface area contributed by atoms with Gasteiger partial charge in [0.15, 0.2) is 0 Å². The average Bonchev–Trinajstić information content (AvgIpc) is 3.37. The highest BCUT2D eigenvalue weighted by molar-refractivity contribution is 5.87. The summed E-state index contributed by atoms with van der Waals surface area (Å²) in [5.74, 6) is -1.93. The molecule has 1 aromatic heterocycles. The first kappa shape index (κ1) is 26.4. The van der Waals surface area contributed by atoms with Crippen molar-refractivity contribution < 1.29 is 18.3 Å². The molecule has 0 saturated heterocycles. The second-order valence-electron chi connectivity index (χ2n) is 9.92. The van der Waals surface area contributed by atoms with Crippen LogP contribution >= 0.6 is 0 Å². The molecule has 0 N–H and O–H groups in total. The van der Waals surface area contributed by atoms with E-state index in [1.807, 2.05) is 49.8 Å². The van der Waals surface area contributed by atoms with E-state index < -0.39 is 23.6 Å². The maximum atomic E-state index is 15.9. The summed E-state index contributed by atoms with van der Waals surface area (Å²) in [7, 11) is 3.12. The van der Waals surface area contributed by atoms with E-state index in [1.165, 1.54) is 25.3 Å². The third-order valence-electron chi connectivity index (χ3n) is 7.38. The maximum absolute atomic E-state index is 15.9. The number of carbonyl (C=O) groups excluding carboxylic acids is 1. The van der Waals surface area contributed by atoms with Gasteiger partial charge >= 0.3 is 5.97 Å². The number of esters is 1. The topological polar surface area (TPSA) is 47.4 Å². The fourth-order valence-electron chi connectivity index (χ4n) is 5.55. The molecule has 0 saturated carbocycles. The van der Waals surface area contributed by atoms with Crippen LogP contribution in [0.4, 0.5) is 14.5 Å². The molecule has 0 fully saturated rings. The van der Waals surface area contributed by atoms with E-state index in [0.717, 1.165) is 52.4 Å². The minimum Gasteiger partial charge on any atom is -0.466 e. The second-order valence-corrected chi connectivity index (χ2v) is 9.92. The molecule has 0 amide bonds. The van der Waals surface area contributed by atoms with E-state index in [4.69, 9.17) is 0 Å². The molecule has 39 heavy (non-hydrogen) atoms. The zero-order valence-electron chi connectivity index (χ0n) is 22.5. The van der Waals surface area contributed by atoms with Crippen molar-refractivity contribution in [1.82, 2.24) is 9.78 Å². The molecule has 5 nitrogen and oxygen atoms in total. The van der Waals surface area contributed by atoms with E-state index in [9.17, 15) is 4.79 Å². The third kappa shape index (κ3) is 5.09. The summed E-state index contributed by atoms with van der Waals surface area (Å²) >= 11 is 0. The Bertz CT molecular complexity index is 1540. The molecule has 200 valence electrons. The van der Waals surface area contributed by atoms with Gasteiger partial charge in [0.1, 0.15) is 11.6 Å². The molecule has 0 aliphatic carbocycles. The molecule has 2 heterocycles. The van der Waals surface area contributed by atoms with Crippen LogP contribution in [-0.2, 0) is 29.4 Å². The van der Waals surface area contributed by atoms with Crippen LogP contribution in [0, 0.1) is 11.6 Å². The van der Waals surface area contributed by atoms with Crippen LogP contribution in [0.15, 0.2) is 73.1 Å². The molecule has 5 rings (SSSR count). The Morgan fingerprint density at radius 3 is 2.51 bits per heavy atom. The largest absolute Gasteiger partial charge is 0.466 e. The van der Waals surface area contributed by atoms with Crippen LogP contribution in [0.25, 0.3) is 17.2 Å². The summed E-state index contributed by atoms with van der Waals surface area (Å²) in [4.78, 5) is 13.7. The lowest BCUT2D eigenvalue weighted by molar-refractivity contribution is -0.134. The number of rotatable bonds is 6. The number of ether oxygens (including phenoxy) is 1. The summed E-state index contributed by atoms with van der Waals surface area (Å²) < 4.78 is 38.2. The minimum atomic E-state index is -0.682. The number of hydrogen-bond acceptors (Lipinski definition) is 4. The summed E-state index contributed by atoms with van der Waals surface area (Å²) in [6.07, 6.45) is 7.78. The Kier molecular flexibility index (Phi) is 7.33. The molecule has 2 unspecified atom stereocenters. The fourth-order valence-corrected chi connectivity index (χ4v) is 5.55. The number of benzene rings is 3. The Morgan fingerprint density at radius 1 is 1.10 bits per heavy atom. The predicted octanol–water partition coefficient (Wildman–Crippen LogP) is 6.65. The maximum Gasteiger partial charge on any atom is 0.330 e. The third-order valence-corrected chi connectivity index (χ3v) is 7.38. The number of aryl methyl sites for hydroxylation is 2. The van der Waals surface area contributed by atoms with Gasteiger partial charge in [-0.3, -0.25) is 4.68 Å². The van der Waals surface area contributed by atoms with Gasteiger partial charge in [0.2, 0.25) is 0 Å². The number of carbonyl (C=O) groups is 1. The van der Waals surface area contributed by atoms with Gasteiger partial charge in [-0.1, -0.05) is 43.3 Å². The lowest BCUT2D eigenvalue weighted by Crippen LogP contribution is -2.44. The quantitative estimate of drug-likeness (QED) is 0.208. The van der Waals surface area contributed by atoms with E-state index in [-0.39, 0.29) is 17.2 Å². The normalized spacial score (nSPS) is 16.9. The van der Waals surface area contributed by atoms with Gasteiger partial charge in [-0.05, 0) is 71.9 Å². The van der Waals surface area contributed by atoms with Gasteiger partial charge in [0.25, 0.3) is 0 Å². The first-order chi connectivity index (χ1) is 18.8. The zero-order chi connectivity index (χ0) is 27.7. The number of fused-ring (bicyclic) bond motifs is 1. The van der Waals surface area contributed by atoms with Crippen LogP contribution in [0.1, 0.15) is 47.7 Å². The highest BCUT2D eigenvalue weighted by Crippen LogP contribution is 2.44. The highest BCUT2D eigenvalue weighted by Gasteiger charge is 2.37. The Morgan fingerprint density at radius 2 is 1.85 bits per heavy atom. The lowest BCUT2D eigenvalue weighted by atomic mass is 9.82. The Balaban J connectivity index is 1.69. The SMILES string of the molecule is CCc1ccccc1N1C(C)Cc2cc(-c3cnn(C)c3)ccc2C1c1c(F)cc(/C=C/C(=O)OC)cc1F. The van der Waals surface area contributed by atoms with E-state index in [0.29, 0.717) is 0 Å². The molecular formula is C32H31F2N3O2. The van der Waals surface area contributed by atoms with Crippen molar-refractivity contribution in [1.29, 1.82) is 0 Å². The number of halogens is 2. The molecule has 1 aliphatic heterocycles. The molecule has 7 heteroatoms. The minimum absolute atomic E-state index is 0.0157. The van der Waals surface area contributed by atoms with E-state index in [1.54, 1.807) is 4.68 Å². The monoisotopic (exact) mass is 527 g/mol. The predicted molar refractivity (Wildman–Crippen MR) is 149 cm³/mol. The van der Waals surface area contributed by atoms with Crippen molar-refractivity contribution >= 4 is 17.7 Å². The fraction of sp³-hybridized carbons (Fsp3) is 0.250. The number of aromatic nitrogens is 2. The second kappa shape index (κ2) is 10.8. The average molecular weight is 528 g/mol. The number of anilines is 1. The first-order valence-corrected chi connectivity index (χ1v) is 13.0. The van der Waals surface area contributed by atoms with Gasteiger partial charge in [0.05, 0.1) is 24.9 Å². The van der Waals surface area contributed by atoms with Gasteiger partial charge in [-0.2, -0.15) is 5.10 Å². The van der Waals surface area contributed by atoms with Crippen LogP contribution < -0.4 is 4.90 Å². The molecule has 1 aliphatic rings. The van der Waals surface area contributed by atoms with Gasteiger partial charge in [0, 0.05) is 36.6 Å². The highest BCUT2D eigenvalue weighted by atomic mass is 19.1. The number of hydrogen-bond donors (Lipinski definition) is 0. The Labute approximate surface area is 227 Å². The van der Waals surface area contributed by atoms with E-state index >= 15 is 8.78 Å². The smallest absolute Gasteiger partial charge is 0.330 e. The van der Waals surface area contributed by atoms with Crippen molar-refractivity contribution in [3.05, 3.63) is 113 Å². The summed E-state index contributed by atoms with van der Waals surface area (Å²) in [6, 6.07) is 16.0. The molecular weight excluding hydrogens is 496 g/mol. The van der Waals surface area contributed by atoms with Crippen LogP contribution in [0.5, 0.6) is 0 Å². The van der Waals surface area contributed by atoms with Crippen LogP contribution in [0.3, 0.4) is 0 Å². The molecule has 3 aromatic carbocycles.